The summed E-state index contributed by atoms with van der Waals surface area (Å²) in [6.07, 6.45) is 0.465. The van der Waals surface area contributed by atoms with Crippen molar-refractivity contribution in [3.63, 3.8) is 0 Å². The summed E-state index contributed by atoms with van der Waals surface area (Å²) in [5, 5.41) is 2.69. The second-order valence-corrected chi connectivity index (χ2v) is 5.44. The van der Waals surface area contributed by atoms with Gasteiger partial charge >= 0.3 is 6.09 Å². The van der Waals surface area contributed by atoms with Gasteiger partial charge in [0.25, 0.3) is 0 Å². The van der Waals surface area contributed by atoms with E-state index in [1.165, 1.54) is 0 Å². The number of hydrogen-bond acceptors (Lipinski definition) is 2. The van der Waals surface area contributed by atoms with Crippen LogP contribution in [0.5, 0.6) is 0 Å². The van der Waals surface area contributed by atoms with E-state index in [0.717, 1.165) is 17.7 Å². The van der Waals surface area contributed by atoms with Gasteiger partial charge in [-0.05, 0) is 30.9 Å². The fourth-order valence-corrected chi connectivity index (χ4v) is 1.24. The van der Waals surface area contributed by atoms with E-state index >= 15 is 0 Å². The van der Waals surface area contributed by atoms with Crippen LogP contribution in [0, 0.1) is 12.3 Å². The maximum atomic E-state index is 11.4. The van der Waals surface area contributed by atoms with Crippen LogP contribution in [0.4, 0.5) is 10.5 Å². The summed E-state index contributed by atoms with van der Waals surface area (Å²) in [5.74, 6) is 0. The fourth-order valence-electron chi connectivity index (χ4n) is 1.24. The Hall–Kier alpha value is -1.51. The molecule has 0 bridgehead atoms. The predicted octanol–water partition coefficient (Wildman–Crippen LogP) is 3.98. The zero-order chi connectivity index (χ0) is 12.9. The molecule has 1 N–H and O–H groups in total. The van der Waals surface area contributed by atoms with Gasteiger partial charge in [-0.1, -0.05) is 38.5 Å². The van der Waals surface area contributed by atoms with Gasteiger partial charge < -0.3 is 4.74 Å². The zero-order valence-corrected chi connectivity index (χ0v) is 11.0. The summed E-state index contributed by atoms with van der Waals surface area (Å²) in [7, 11) is 0. The van der Waals surface area contributed by atoms with Gasteiger partial charge in [0.1, 0.15) is 0 Å². The van der Waals surface area contributed by atoms with E-state index in [9.17, 15) is 4.79 Å². The van der Waals surface area contributed by atoms with Gasteiger partial charge in [0.15, 0.2) is 0 Å². The summed E-state index contributed by atoms with van der Waals surface area (Å²) >= 11 is 0. The minimum atomic E-state index is -0.391. The van der Waals surface area contributed by atoms with Gasteiger partial charge in [0.05, 0.1) is 6.61 Å². The van der Waals surface area contributed by atoms with Crippen LogP contribution < -0.4 is 5.32 Å². The lowest BCUT2D eigenvalue weighted by Crippen LogP contribution is -2.17. The van der Waals surface area contributed by atoms with Crippen molar-refractivity contribution in [2.45, 2.75) is 34.1 Å². The summed E-state index contributed by atoms with van der Waals surface area (Å²) < 4.78 is 5.10. The summed E-state index contributed by atoms with van der Waals surface area (Å²) in [6, 6.07) is 7.62. The molecule has 3 nitrogen and oxygen atoms in total. The molecule has 0 aliphatic rings. The van der Waals surface area contributed by atoms with Crippen LogP contribution in [0.3, 0.4) is 0 Å². The van der Waals surface area contributed by atoms with Gasteiger partial charge in [-0.25, -0.2) is 4.79 Å². The van der Waals surface area contributed by atoms with E-state index < -0.39 is 6.09 Å². The number of carbonyl (C=O) groups is 1. The highest BCUT2D eigenvalue weighted by molar-refractivity contribution is 5.84. The number of hydrogen-bond donors (Lipinski definition) is 1. The molecule has 0 unspecified atom stereocenters. The Morgan fingerprint density at radius 2 is 1.82 bits per heavy atom. The number of amides is 1. The molecule has 1 aromatic carbocycles. The van der Waals surface area contributed by atoms with Crippen molar-refractivity contribution in [2.75, 3.05) is 11.9 Å². The Morgan fingerprint density at radius 3 is 2.35 bits per heavy atom. The van der Waals surface area contributed by atoms with Crippen molar-refractivity contribution in [2.24, 2.45) is 5.41 Å². The molecule has 0 fully saturated rings. The molecule has 0 radical (unpaired) electrons. The van der Waals surface area contributed by atoms with Crippen molar-refractivity contribution in [3.8, 4) is 0 Å². The highest BCUT2D eigenvalue weighted by atomic mass is 16.5. The molecule has 0 spiro atoms. The van der Waals surface area contributed by atoms with Crippen LogP contribution in [-0.2, 0) is 4.74 Å². The van der Waals surface area contributed by atoms with Crippen molar-refractivity contribution in [1.82, 2.24) is 0 Å². The highest BCUT2D eigenvalue weighted by Crippen LogP contribution is 2.18. The molecule has 1 aromatic rings. The molecule has 0 atom stereocenters. The predicted molar refractivity (Wildman–Crippen MR) is 70.2 cm³/mol. The minimum absolute atomic E-state index is 0.185. The Bertz CT molecular complexity index is 363. The van der Waals surface area contributed by atoms with Crippen molar-refractivity contribution in [3.05, 3.63) is 29.8 Å². The normalized spacial score (nSPS) is 11.1. The van der Waals surface area contributed by atoms with E-state index in [0.29, 0.717) is 6.61 Å². The number of carbonyl (C=O) groups excluding carboxylic acids is 1. The van der Waals surface area contributed by atoms with Crippen LogP contribution in [0.2, 0.25) is 0 Å². The van der Waals surface area contributed by atoms with Crippen LogP contribution in [0.25, 0.3) is 0 Å². The average molecular weight is 235 g/mol. The van der Waals surface area contributed by atoms with Gasteiger partial charge in [-0.2, -0.15) is 0 Å². The van der Waals surface area contributed by atoms with Crippen LogP contribution in [0.15, 0.2) is 24.3 Å². The van der Waals surface area contributed by atoms with E-state index in [1.54, 1.807) is 0 Å². The number of benzene rings is 1. The standard InChI is InChI=1S/C14H21NO2/c1-11-5-7-12(8-6-11)15-13(16)17-10-9-14(2,3)4/h5-8H,9-10H2,1-4H3,(H,15,16). The molecule has 1 amide bonds. The average Bonchev–Trinajstić information content (AvgIpc) is 2.19. The van der Waals surface area contributed by atoms with E-state index in [1.807, 2.05) is 31.2 Å². The van der Waals surface area contributed by atoms with E-state index in [-0.39, 0.29) is 5.41 Å². The molecule has 17 heavy (non-hydrogen) atoms. The van der Waals surface area contributed by atoms with Crippen LogP contribution >= 0.6 is 0 Å². The molecule has 1 rings (SSSR count). The Kier molecular flexibility index (Phi) is 4.55. The van der Waals surface area contributed by atoms with Crippen LogP contribution in [-0.4, -0.2) is 12.7 Å². The van der Waals surface area contributed by atoms with E-state index in [2.05, 4.69) is 26.1 Å². The van der Waals surface area contributed by atoms with Gasteiger partial charge in [0.2, 0.25) is 0 Å². The van der Waals surface area contributed by atoms with E-state index in [4.69, 9.17) is 4.74 Å². The van der Waals surface area contributed by atoms with Gasteiger partial charge in [0, 0.05) is 5.69 Å². The summed E-state index contributed by atoms with van der Waals surface area (Å²) in [6.45, 7) is 8.81. The largest absolute Gasteiger partial charge is 0.449 e. The molecule has 0 heterocycles. The number of nitrogens with one attached hydrogen (secondary N) is 1. The molecule has 0 aliphatic carbocycles. The first-order valence-electron chi connectivity index (χ1n) is 5.87. The third-order valence-corrected chi connectivity index (χ3v) is 2.38. The third kappa shape index (κ3) is 5.95. The molecule has 0 saturated heterocycles. The number of anilines is 1. The number of rotatable bonds is 3. The lowest BCUT2D eigenvalue weighted by Gasteiger charge is -2.17. The Balaban J connectivity index is 2.32. The fraction of sp³-hybridized carbons (Fsp3) is 0.500. The maximum absolute atomic E-state index is 11.4. The lowest BCUT2D eigenvalue weighted by atomic mass is 9.93. The number of ether oxygens (including phenoxy) is 1. The van der Waals surface area contributed by atoms with Crippen LogP contribution in [0.1, 0.15) is 32.8 Å². The zero-order valence-electron chi connectivity index (χ0n) is 11.0. The van der Waals surface area contributed by atoms with Crippen molar-refractivity contribution < 1.29 is 9.53 Å². The summed E-state index contributed by atoms with van der Waals surface area (Å²) in [5.41, 5.74) is 2.11. The van der Waals surface area contributed by atoms with Gasteiger partial charge in [-0.15, -0.1) is 0 Å². The molecular weight excluding hydrogens is 214 g/mol. The first-order valence-corrected chi connectivity index (χ1v) is 5.87. The minimum Gasteiger partial charge on any atom is -0.449 e. The highest BCUT2D eigenvalue weighted by Gasteiger charge is 2.11. The topological polar surface area (TPSA) is 38.3 Å². The number of aryl methyl sites for hydroxylation is 1. The lowest BCUT2D eigenvalue weighted by molar-refractivity contribution is 0.145. The SMILES string of the molecule is Cc1ccc(NC(=O)OCCC(C)(C)C)cc1. The van der Waals surface area contributed by atoms with Gasteiger partial charge in [-0.3, -0.25) is 5.32 Å². The third-order valence-electron chi connectivity index (χ3n) is 2.38. The Morgan fingerprint density at radius 1 is 1.24 bits per heavy atom. The molecular formula is C14H21NO2. The maximum Gasteiger partial charge on any atom is 0.411 e. The molecule has 0 aliphatic heterocycles. The van der Waals surface area contributed by atoms with Crippen molar-refractivity contribution in [1.29, 1.82) is 0 Å². The van der Waals surface area contributed by atoms with Crippen molar-refractivity contribution >= 4 is 11.8 Å². The quantitative estimate of drug-likeness (QED) is 0.860. The molecule has 3 heteroatoms. The Labute approximate surface area is 103 Å². The molecule has 0 saturated carbocycles. The second kappa shape index (κ2) is 5.71. The molecule has 0 aromatic heterocycles. The monoisotopic (exact) mass is 235 g/mol. The first kappa shape index (κ1) is 13.6. The smallest absolute Gasteiger partial charge is 0.411 e. The first-order chi connectivity index (χ1) is 7.87. The molecule has 94 valence electrons. The second-order valence-electron chi connectivity index (χ2n) is 5.44. The summed E-state index contributed by atoms with van der Waals surface area (Å²) in [4.78, 5) is 11.4.